The van der Waals surface area contributed by atoms with Gasteiger partial charge in [-0.05, 0) is 37.6 Å². The number of carbonyl (C=O) groups is 3. The standard InChI is InChI=1S/C22H19ClF2N2O5/c1-10(6-18(29)30)26-17(28)8-14-11(2)27(22(32)12-4-3-5-13(23)7-12)16-9-15(24)21(31)20(25)19(14)16/h3-5,7,9-10,31H,6,8H2,1-2H3,(H,26,28)(H,29,30). The zero-order valence-corrected chi connectivity index (χ0v) is 17.8. The number of rotatable bonds is 6. The largest absolute Gasteiger partial charge is 0.503 e. The molecule has 7 nitrogen and oxygen atoms in total. The van der Waals surface area contributed by atoms with Crippen molar-refractivity contribution in [3.05, 3.63) is 63.8 Å². The molecule has 1 atom stereocenters. The van der Waals surface area contributed by atoms with Gasteiger partial charge in [0.25, 0.3) is 5.91 Å². The average molecular weight is 465 g/mol. The number of halogens is 3. The van der Waals surface area contributed by atoms with Gasteiger partial charge < -0.3 is 15.5 Å². The molecule has 0 spiro atoms. The van der Waals surface area contributed by atoms with Crippen molar-refractivity contribution in [2.45, 2.75) is 32.7 Å². The molecule has 2 aromatic carbocycles. The number of carboxylic acid groups (broad SMARTS) is 1. The molecule has 3 aromatic rings. The van der Waals surface area contributed by atoms with Crippen LogP contribution in [0.25, 0.3) is 10.9 Å². The first-order valence-electron chi connectivity index (χ1n) is 9.53. The van der Waals surface area contributed by atoms with Crippen LogP contribution < -0.4 is 5.32 Å². The molecule has 168 valence electrons. The Hall–Kier alpha value is -3.46. The van der Waals surface area contributed by atoms with Crippen LogP contribution in [0, 0.1) is 18.6 Å². The fraction of sp³-hybridized carbons (Fsp3) is 0.227. The van der Waals surface area contributed by atoms with E-state index in [1.807, 2.05) is 0 Å². The second-order valence-electron chi connectivity index (χ2n) is 7.37. The van der Waals surface area contributed by atoms with Crippen molar-refractivity contribution in [2.24, 2.45) is 0 Å². The number of fused-ring (bicyclic) bond motifs is 1. The van der Waals surface area contributed by atoms with Gasteiger partial charge in [0.1, 0.15) is 0 Å². The number of benzene rings is 2. The van der Waals surface area contributed by atoms with Crippen LogP contribution in [-0.4, -0.2) is 38.6 Å². The number of aromatic nitrogens is 1. The van der Waals surface area contributed by atoms with E-state index in [9.17, 15) is 28.3 Å². The third kappa shape index (κ3) is 4.43. The normalized spacial score (nSPS) is 12.0. The van der Waals surface area contributed by atoms with Crippen molar-refractivity contribution in [1.29, 1.82) is 0 Å². The molecule has 0 bridgehead atoms. The minimum atomic E-state index is -1.30. The van der Waals surface area contributed by atoms with Crippen molar-refractivity contribution >= 4 is 40.3 Å². The number of nitrogens with zero attached hydrogens (tertiary/aromatic N) is 1. The number of aromatic hydroxyl groups is 1. The van der Waals surface area contributed by atoms with Gasteiger partial charge in [-0.25, -0.2) is 8.78 Å². The second-order valence-corrected chi connectivity index (χ2v) is 7.81. The number of aliphatic carboxylic acids is 1. The Bertz CT molecular complexity index is 1260. The summed E-state index contributed by atoms with van der Waals surface area (Å²) in [7, 11) is 0. The summed E-state index contributed by atoms with van der Waals surface area (Å²) in [6.45, 7) is 2.95. The first kappa shape index (κ1) is 23.2. The molecule has 0 aliphatic rings. The third-order valence-corrected chi connectivity index (χ3v) is 5.22. The van der Waals surface area contributed by atoms with Gasteiger partial charge in [-0.2, -0.15) is 0 Å². The zero-order valence-electron chi connectivity index (χ0n) is 17.1. The van der Waals surface area contributed by atoms with E-state index in [0.29, 0.717) is 0 Å². The van der Waals surface area contributed by atoms with Crippen LogP contribution in [0.3, 0.4) is 0 Å². The number of nitrogens with one attached hydrogen (secondary N) is 1. The predicted octanol–water partition coefficient (Wildman–Crippen LogP) is 3.80. The summed E-state index contributed by atoms with van der Waals surface area (Å²) in [5.74, 6) is -6.17. The zero-order chi connectivity index (χ0) is 23.7. The lowest BCUT2D eigenvalue weighted by molar-refractivity contribution is -0.137. The molecule has 10 heteroatoms. The van der Waals surface area contributed by atoms with Gasteiger partial charge in [-0.3, -0.25) is 19.0 Å². The van der Waals surface area contributed by atoms with Crippen molar-refractivity contribution < 1.29 is 33.4 Å². The average Bonchev–Trinajstić information content (AvgIpc) is 2.96. The molecule has 0 saturated heterocycles. The molecule has 0 fully saturated rings. The van der Waals surface area contributed by atoms with Crippen molar-refractivity contribution in [1.82, 2.24) is 9.88 Å². The molecule has 1 amide bonds. The molecule has 0 saturated carbocycles. The van der Waals surface area contributed by atoms with E-state index in [1.165, 1.54) is 26.0 Å². The van der Waals surface area contributed by atoms with E-state index in [0.717, 1.165) is 10.6 Å². The van der Waals surface area contributed by atoms with Gasteiger partial charge in [0, 0.05) is 33.8 Å². The van der Waals surface area contributed by atoms with E-state index in [2.05, 4.69) is 5.32 Å². The minimum absolute atomic E-state index is 0.0585. The molecule has 0 radical (unpaired) electrons. The highest BCUT2D eigenvalue weighted by Gasteiger charge is 2.27. The molecule has 1 heterocycles. The van der Waals surface area contributed by atoms with E-state index >= 15 is 0 Å². The van der Waals surface area contributed by atoms with E-state index < -0.39 is 47.6 Å². The molecular formula is C22H19ClF2N2O5. The highest BCUT2D eigenvalue weighted by Crippen LogP contribution is 2.35. The topological polar surface area (TPSA) is 109 Å². The highest BCUT2D eigenvalue weighted by atomic mass is 35.5. The number of hydrogen-bond donors (Lipinski definition) is 3. The van der Waals surface area contributed by atoms with Crippen molar-refractivity contribution in [2.75, 3.05) is 0 Å². The number of amides is 1. The van der Waals surface area contributed by atoms with Crippen LogP contribution in [-0.2, 0) is 16.0 Å². The van der Waals surface area contributed by atoms with Crippen molar-refractivity contribution in [3.8, 4) is 5.75 Å². The van der Waals surface area contributed by atoms with E-state index in [4.69, 9.17) is 16.7 Å². The Morgan fingerprint density at radius 3 is 2.53 bits per heavy atom. The van der Waals surface area contributed by atoms with Gasteiger partial charge in [-0.1, -0.05) is 17.7 Å². The predicted molar refractivity (Wildman–Crippen MR) is 113 cm³/mol. The minimum Gasteiger partial charge on any atom is -0.503 e. The fourth-order valence-corrected chi connectivity index (χ4v) is 3.77. The van der Waals surface area contributed by atoms with Crippen molar-refractivity contribution in [3.63, 3.8) is 0 Å². The molecule has 1 unspecified atom stereocenters. The van der Waals surface area contributed by atoms with Gasteiger partial charge in [0.2, 0.25) is 5.91 Å². The molecule has 0 aliphatic heterocycles. The summed E-state index contributed by atoms with van der Waals surface area (Å²) < 4.78 is 30.1. The number of phenolic OH excluding ortho intramolecular Hbond substituents is 1. The lowest BCUT2D eigenvalue weighted by Crippen LogP contribution is -2.35. The smallest absolute Gasteiger partial charge is 0.305 e. The highest BCUT2D eigenvalue weighted by molar-refractivity contribution is 6.31. The first-order chi connectivity index (χ1) is 15.0. The molecule has 0 aliphatic carbocycles. The van der Waals surface area contributed by atoms with Gasteiger partial charge in [0.15, 0.2) is 17.4 Å². The molecule has 1 aromatic heterocycles. The maximum Gasteiger partial charge on any atom is 0.305 e. The van der Waals surface area contributed by atoms with Crippen LogP contribution >= 0.6 is 11.6 Å². The maximum absolute atomic E-state index is 14.9. The second kappa shape index (κ2) is 8.96. The summed E-state index contributed by atoms with van der Waals surface area (Å²) in [6.07, 6.45) is -0.746. The lowest BCUT2D eigenvalue weighted by atomic mass is 10.1. The van der Waals surface area contributed by atoms with Crippen LogP contribution in [0.2, 0.25) is 5.02 Å². The molecule has 3 N–H and O–H groups in total. The quantitative estimate of drug-likeness (QED) is 0.514. The van der Waals surface area contributed by atoms with Crippen LogP contribution in [0.4, 0.5) is 8.78 Å². The molecular weight excluding hydrogens is 446 g/mol. The Kier molecular flexibility index (Phi) is 6.50. The van der Waals surface area contributed by atoms with Crippen LogP contribution in [0.1, 0.15) is 35.0 Å². The number of carbonyl (C=O) groups excluding carboxylic acids is 2. The maximum atomic E-state index is 14.9. The van der Waals surface area contributed by atoms with E-state index in [-0.39, 0.29) is 39.2 Å². The first-order valence-corrected chi connectivity index (χ1v) is 9.91. The molecule has 3 rings (SSSR count). The third-order valence-electron chi connectivity index (χ3n) is 4.99. The Morgan fingerprint density at radius 2 is 1.91 bits per heavy atom. The van der Waals surface area contributed by atoms with E-state index in [1.54, 1.807) is 12.1 Å². The lowest BCUT2D eigenvalue weighted by Gasteiger charge is -2.12. The summed E-state index contributed by atoms with van der Waals surface area (Å²) >= 11 is 5.95. The number of hydrogen-bond acceptors (Lipinski definition) is 4. The van der Waals surface area contributed by atoms with Crippen LogP contribution in [0.15, 0.2) is 30.3 Å². The summed E-state index contributed by atoms with van der Waals surface area (Å²) in [5.41, 5.74) is 0.206. The van der Waals surface area contributed by atoms with Gasteiger partial charge in [-0.15, -0.1) is 0 Å². The number of carboxylic acids is 1. The van der Waals surface area contributed by atoms with Gasteiger partial charge in [0.05, 0.1) is 18.4 Å². The number of phenols is 1. The Labute approximate surface area is 186 Å². The monoisotopic (exact) mass is 464 g/mol. The summed E-state index contributed by atoms with van der Waals surface area (Å²) in [5, 5.41) is 21.1. The fourth-order valence-electron chi connectivity index (χ4n) is 3.58. The summed E-state index contributed by atoms with van der Waals surface area (Å²) in [4.78, 5) is 36.5. The molecule has 32 heavy (non-hydrogen) atoms. The summed E-state index contributed by atoms with van der Waals surface area (Å²) in [6, 6.07) is 6.09. The Morgan fingerprint density at radius 1 is 1.22 bits per heavy atom. The Balaban J connectivity index is 2.14. The van der Waals surface area contributed by atoms with Crippen LogP contribution in [0.5, 0.6) is 5.75 Å². The SMILES string of the molecule is Cc1c(CC(=O)NC(C)CC(=O)O)c2c(F)c(O)c(F)cc2n1C(=O)c1cccc(Cl)c1. The van der Waals surface area contributed by atoms with Gasteiger partial charge >= 0.3 is 5.97 Å².